The fourth-order valence-corrected chi connectivity index (χ4v) is 2.45. The number of hydrogen-bond donors (Lipinski definition) is 1. The van der Waals surface area contributed by atoms with Crippen LogP contribution >= 0.6 is 0 Å². The lowest BCUT2D eigenvalue weighted by atomic mass is 10.2. The van der Waals surface area contributed by atoms with Gasteiger partial charge in [-0.05, 0) is 17.7 Å². The summed E-state index contributed by atoms with van der Waals surface area (Å²) in [6.45, 7) is 1.46. The number of carboxylic acid groups (broad SMARTS) is 1. The third-order valence-corrected chi connectivity index (χ3v) is 3.62. The molecule has 22 heavy (non-hydrogen) atoms. The number of carboxylic acids is 1. The predicted octanol–water partition coefficient (Wildman–Crippen LogP) is 1.25. The van der Waals surface area contributed by atoms with E-state index in [9.17, 15) is 9.59 Å². The molecule has 3 rings (SSSR count). The average molecular weight is 301 g/mol. The van der Waals surface area contributed by atoms with Crippen molar-refractivity contribution in [1.29, 1.82) is 0 Å². The highest BCUT2D eigenvalue weighted by atomic mass is 16.5. The Morgan fingerprint density at radius 1 is 1.32 bits per heavy atom. The van der Waals surface area contributed by atoms with Gasteiger partial charge < -0.3 is 14.7 Å². The second kappa shape index (κ2) is 5.51. The molecule has 1 aromatic heterocycles. The summed E-state index contributed by atoms with van der Waals surface area (Å²) < 4.78 is 6.56. The number of hydrogen-bond acceptors (Lipinski definition) is 4. The van der Waals surface area contributed by atoms with Gasteiger partial charge in [-0.2, -0.15) is 5.10 Å². The normalized spacial score (nSPS) is 13.9. The van der Waals surface area contributed by atoms with Gasteiger partial charge in [0.25, 0.3) is 5.91 Å². The number of carbonyl (C=O) groups excluding carboxylic acids is 1. The van der Waals surface area contributed by atoms with Crippen molar-refractivity contribution in [2.45, 2.75) is 13.1 Å². The molecule has 114 valence electrons. The quantitative estimate of drug-likeness (QED) is 0.918. The van der Waals surface area contributed by atoms with Crippen LogP contribution in [0.15, 0.2) is 30.3 Å². The number of benzene rings is 1. The second-order valence-corrected chi connectivity index (χ2v) is 5.02. The molecule has 2 aromatic rings. The van der Waals surface area contributed by atoms with Crippen LogP contribution in [-0.2, 0) is 13.1 Å². The van der Waals surface area contributed by atoms with Gasteiger partial charge in [0.1, 0.15) is 11.4 Å². The van der Waals surface area contributed by atoms with E-state index in [1.165, 1.54) is 10.7 Å². The molecule has 0 radical (unpaired) electrons. The monoisotopic (exact) mass is 301 g/mol. The van der Waals surface area contributed by atoms with E-state index in [0.29, 0.717) is 25.3 Å². The van der Waals surface area contributed by atoms with Crippen molar-refractivity contribution >= 4 is 11.9 Å². The van der Waals surface area contributed by atoms with Crippen molar-refractivity contribution in [2.75, 3.05) is 13.7 Å². The minimum atomic E-state index is -1.13. The molecule has 7 nitrogen and oxygen atoms in total. The number of aromatic nitrogens is 2. The molecule has 0 spiro atoms. The minimum absolute atomic E-state index is 0.102. The number of methoxy groups -OCH3 is 1. The minimum Gasteiger partial charge on any atom is -0.497 e. The Kier molecular flexibility index (Phi) is 3.54. The molecule has 1 aliphatic rings. The number of fused-ring (bicyclic) bond motifs is 1. The zero-order valence-corrected chi connectivity index (χ0v) is 12.0. The number of aromatic carboxylic acids is 1. The zero-order valence-electron chi connectivity index (χ0n) is 12.0. The second-order valence-electron chi connectivity index (χ2n) is 5.02. The maximum atomic E-state index is 12.4. The SMILES string of the molecule is COc1ccc(CN2CCn3nc(C(=O)O)cc3C2=O)cc1. The van der Waals surface area contributed by atoms with Crippen LogP contribution in [0.4, 0.5) is 0 Å². The maximum absolute atomic E-state index is 12.4. The molecular formula is C15H15N3O4. The molecular weight excluding hydrogens is 286 g/mol. The van der Waals surface area contributed by atoms with E-state index in [1.54, 1.807) is 12.0 Å². The van der Waals surface area contributed by atoms with Gasteiger partial charge in [0, 0.05) is 19.2 Å². The molecule has 1 amide bonds. The van der Waals surface area contributed by atoms with Gasteiger partial charge in [0.15, 0.2) is 5.69 Å². The van der Waals surface area contributed by atoms with Crippen LogP contribution < -0.4 is 4.74 Å². The number of amides is 1. The van der Waals surface area contributed by atoms with Gasteiger partial charge in [0.2, 0.25) is 0 Å². The lowest BCUT2D eigenvalue weighted by Crippen LogP contribution is -2.39. The Labute approximate surface area is 126 Å². The van der Waals surface area contributed by atoms with Gasteiger partial charge in [-0.25, -0.2) is 4.79 Å². The van der Waals surface area contributed by atoms with E-state index in [-0.39, 0.29) is 11.6 Å². The van der Waals surface area contributed by atoms with Crippen LogP contribution in [0.1, 0.15) is 26.5 Å². The summed E-state index contributed by atoms with van der Waals surface area (Å²) in [5.74, 6) is -0.573. The Bertz CT molecular complexity index is 721. The van der Waals surface area contributed by atoms with Crippen LogP contribution in [0.3, 0.4) is 0 Å². The van der Waals surface area contributed by atoms with E-state index in [1.807, 2.05) is 24.3 Å². The maximum Gasteiger partial charge on any atom is 0.356 e. The van der Waals surface area contributed by atoms with Gasteiger partial charge in [0.05, 0.1) is 13.7 Å². The molecule has 0 fully saturated rings. The standard InChI is InChI=1S/C15H15N3O4/c1-22-11-4-2-10(3-5-11)9-17-6-7-18-13(14(17)19)8-12(16-18)15(20)21/h2-5,8H,6-7,9H2,1H3,(H,20,21). The molecule has 0 unspecified atom stereocenters. The molecule has 1 aliphatic heterocycles. The molecule has 2 heterocycles. The van der Waals surface area contributed by atoms with Gasteiger partial charge >= 0.3 is 5.97 Å². The number of ether oxygens (including phenoxy) is 1. The fraction of sp³-hybridized carbons (Fsp3) is 0.267. The molecule has 0 bridgehead atoms. The zero-order chi connectivity index (χ0) is 15.7. The van der Waals surface area contributed by atoms with Gasteiger partial charge in [-0.15, -0.1) is 0 Å². The van der Waals surface area contributed by atoms with Crippen LogP contribution in [-0.4, -0.2) is 45.3 Å². The van der Waals surface area contributed by atoms with E-state index in [2.05, 4.69) is 5.10 Å². The van der Waals surface area contributed by atoms with Crippen molar-refractivity contribution in [3.05, 3.63) is 47.3 Å². The van der Waals surface area contributed by atoms with Crippen molar-refractivity contribution in [1.82, 2.24) is 14.7 Å². The predicted molar refractivity (Wildman–Crippen MR) is 76.9 cm³/mol. The Balaban J connectivity index is 1.78. The summed E-state index contributed by atoms with van der Waals surface area (Å²) in [5, 5.41) is 12.9. The van der Waals surface area contributed by atoms with E-state index in [4.69, 9.17) is 9.84 Å². The van der Waals surface area contributed by atoms with E-state index >= 15 is 0 Å². The molecule has 1 N–H and O–H groups in total. The molecule has 0 aliphatic carbocycles. The van der Waals surface area contributed by atoms with Crippen LogP contribution in [0.25, 0.3) is 0 Å². The summed E-state index contributed by atoms with van der Waals surface area (Å²) in [7, 11) is 1.60. The number of carbonyl (C=O) groups is 2. The van der Waals surface area contributed by atoms with Crippen molar-refractivity contribution < 1.29 is 19.4 Å². The van der Waals surface area contributed by atoms with Crippen molar-refractivity contribution in [3.63, 3.8) is 0 Å². The Morgan fingerprint density at radius 3 is 2.68 bits per heavy atom. The van der Waals surface area contributed by atoms with Gasteiger partial charge in [-0.3, -0.25) is 9.48 Å². The lowest BCUT2D eigenvalue weighted by molar-refractivity contribution is 0.0670. The summed E-state index contributed by atoms with van der Waals surface area (Å²) in [4.78, 5) is 25.1. The van der Waals surface area contributed by atoms with Crippen molar-refractivity contribution in [2.24, 2.45) is 0 Å². The van der Waals surface area contributed by atoms with E-state index in [0.717, 1.165) is 11.3 Å². The smallest absolute Gasteiger partial charge is 0.356 e. The topological polar surface area (TPSA) is 84.7 Å². The van der Waals surface area contributed by atoms with Crippen molar-refractivity contribution in [3.8, 4) is 5.75 Å². The molecule has 7 heteroatoms. The largest absolute Gasteiger partial charge is 0.497 e. The van der Waals surface area contributed by atoms with Crippen LogP contribution in [0.2, 0.25) is 0 Å². The third-order valence-electron chi connectivity index (χ3n) is 3.62. The molecule has 1 aromatic carbocycles. The highest BCUT2D eigenvalue weighted by Crippen LogP contribution is 2.18. The first-order chi connectivity index (χ1) is 10.6. The third kappa shape index (κ3) is 2.52. The van der Waals surface area contributed by atoms with Crippen LogP contribution in [0, 0.1) is 0 Å². The first-order valence-electron chi connectivity index (χ1n) is 6.82. The summed E-state index contributed by atoms with van der Waals surface area (Å²) in [6.07, 6.45) is 0. The first-order valence-corrected chi connectivity index (χ1v) is 6.82. The summed E-state index contributed by atoms with van der Waals surface area (Å²) >= 11 is 0. The highest BCUT2D eigenvalue weighted by Gasteiger charge is 2.27. The molecule has 0 saturated heterocycles. The fourth-order valence-electron chi connectivity index (χ4n) is 2.45. The lowest BCUT2D eigenvalue weighted by Gasteiger charge is -2.27. The van der Waals surface area contributed by atoms with Crippen LogP contribution in [0.5, 0.6) is 5.75 Å². The molecule has 0 atom stereocenters. The average Bonchev–Trinajstić information content (AvgIpc) is 2.96. The summed E-state index contributed by atoms with van der Waals surface area (Å²) in [5.41, 5.74) is 1.20. The summed E-state index contributed by atoms with van der Waals surface area (Å²) in [6, 6.07) is 8.82. The van der Waals surface area contributed by atoms with Gasteiger partial charge in [-0.1, -0.05) is 12.1 Å². The molecule has 0 saturated carbocycles. The number of rotatable bonds is 4. The van der Waals surface area contributed by atoms with E-state index < -0.39 is 5.97 Å². The first kappa shape index (κ1) is 14.1. The highest BCUT2D eigenvalue weighted by molar-refractivity contribution is 5.96. The Hall–Kier alpha value is -2.83. The Morgan fingerprint density at radius 2 is 2.05 bits per heavy atom. The number of nitrogens with zero attached hydrogens (tertiary/aromatic N) is 3.